The van der Waals surface area contributed by atoms with Crippen LogP contribution in [0, 0.1) is 0 Å². The van der Waals surface area contributed by atoms with E-state index in [1.165, 1.54) is 37.1 Å². The number of hydrogen-bond acceptors (Lipinski definition) is 2. The smallest absolute Gasteiger partial charge is 0.122 e. The minimum absolute atomic E-state index is 0.556. The van der Waals surface area contributed by atoms with E-state index in [1.54, 1.807) is 0 Å². The minimum atomic E-state index is 0.556. The summed E-state index contributed by atoms with van der Waals surface area (Å²) in [6.45, 7) is 9.97. The quantitative estimate of drug-likeness (QED) is 0.774. The Morgan fingerprint density at radius 3 is 2.53 bits per heavy atom. The number of fused-ring (bicyclic) bond motifs is 1. The van der Waals surface area contributed by atoms with Crippen molar-refractivity contribution in [1.82, 2.24) is 4.90 Å². The summed E-state index contributed by atoms with van der Waals surface area (Å²) in [5.74, 6) is 1.11. The van der Waals surface area contributed by atoms with Crippen LogP contribution >= 0.6 is 0 Å². The normalized spacial score (nSPS) is 18.2. The Hall–Kier alpha value is -1.02. The Morgan fingerprint density at radius 2 is 1.89 bits per heavy atom. The highest BCUT2D eigenvalue weighted by Crippen LogP contribution is 2.30. The monoisotopic (exact) mass is 261 g/mol. The van der Waals surface area contributed by atoms with Crippen LogP contribution in [0.15, 0.2) is 18.2 Å². The third-order valence-electron chi connectivity index (χ3n) is 4.02. The fourth-order valence-electron chi connectivity index (χ4n) is 3.08. The molecule has 1 aliphatic heterocycles. The number of hydrogen-bond donors (Lipinski definition) is 0. The average Bonchev–Trinajstić information content (AvgIpc) is 2.46. The van der Waals surface area contributed by atoms with Crippen molar-refractivity contribution in [2.45, 2.75) is 52.5 Å². The van der Waals surface area contributed by atoms with Crippen LogP contribution < -0.4 is 4.74 Å². The summed E-state index contributed by atoms with van der Waals surface area (Å²) in [6, 6.07) is 7.04. The molecule has 2 nitrogen and oxygen atoms in total. The molecular weight excluding hydrogens is 234 g/mol. The molecule has 0 amide bonds. The maximum Gasteiger partial charge on any atom is 0.122 e. The molecule has 0 saturated carbocycles. The van der Waals surface area contributed by atoms with Gasteiger partial charge in [-0.3, -0.25) is 4.90 Å². The fourth-order valence-corrected chi connectivity index (χ4v) is 3.08. The zero-order valence-electron chi connectivity index (χ0n) is 12.6. The standard InChI is InChI=1S/C17H27NO/c1-4-10-18(11-5-2)15-12-16-14(6-3)8-7-9-17(16)19-13-15/h7-9,15H,4-6,10-13H2,1-3H3. The molecule has 1 atom stereocenters. The van der Waals surface area contributed by atoms with Gasteiger partial charge in [-0.05, 0) is 56.0 Å². The fraction of sp³-hybridized carbons (Fsp3) is 0.647. The summed E-state index contributed by atoms with van der Waals surface area (Å²) in [5, 5.41) is 0. The molecular formula is C17H27NO. The molecule has 0 aromatic heterocycles. The van der Waals surface area contributed by atoms with Gasteiger partial charge in [-0.25, -0.2) is 0 Å². The molecule has 0 bridgehead atoms. The van der Waals surface area contributed by atoms with Gasteiger partial charge < -0.3 is 4.74 Å². The third kappa shape index (κ3) is 3.30. The number of aryl methyl sites for hydroxylation is 1. The summed E-state index contributed by atoms with van der Waals surface area (Å²) < 4.78 is 6.01. The van der Waals surface area contributed by atoms with E-state index in [4.69, 9.17) is 4.74 Å². The number of nitrogens with zero attached hydrogens (tertiary/aromatic N) is 1. The van der Waals surface area contributed by atoms with E-state index >= 15 is 0 Å². The molecule has 1 unspecified atom stereocenters. The first-order valence-electron chi connectivity index (χ1n) is 7.77. The van der Waals surface area contributed by atoms with Crippen LogP contribution in [0.1, 0.15) is 44.7 Å². The summed E-state index contributed by atoms with van der Waals surface area (Å²) in [6.07, 6.45) is 4.69. The molecule has 2 rings (SSSR count). The van der Waals surface area contributed by atoms with Crippen molar-refractivity contribution in [2.75, 3.05) is 19.7 Å². The van der Waals surface area contributed by atoms with Gasteiger partial charge in [0.2, 0.25) is 0 Å². The summed E-state index contributed by atoms with van der Waals surface area (Å²) >= 11 is 0. The molecule has 0 N–H and O–H groups in total. The molecule has 1 aromatic carbocycles. The van der Waals surface area contributed by atoms with E-state index in [1.807, 2.05) is 0 Å². The Balaban J connectivity index is 2.15. The average molecular weight is 261 g/mol. The van der Waals surface area contributed by atoms with E-state index in [-0.39, 0.29) is 0 Å². The van der Waals surface area contributed by atoms with Gasteiger partial charge in [-0.15, -0.1) is 0 Å². The lowest BCUT2D eigenvalue weighted by Crippen LogP contribution is -2.44. The number of ether oxygens (including phenoxy) is 1. The van der Waals surface area contributed by atoms with E-state index in [2.05, 4.69) is 43.9 Å². The lowest BCUT2D eigenvalue weighted by Gasteiger charge is -2.35. The van der Waals surface area contributed by atoms with Gasteiger partial charge in [-0.1, -0.05) is 32.9 Å². The summed E-state index contributed by atoms with van der Waals surface area (Å²) in [4.78, 5) is 2.61. The van der Waals surface area contributed by atoms with Crippen LogP contribution in [0.25, 0.3) is 0 Å². The zero-order chi connectivity index (χ0) is 13.7. The molecule has 0 fully saturated rings. The SMILES string of the molecule is CCCN(CCC)C1COc2cccc(CC)c2C1. The molecule has 2 heteroatoms. The van der Waals surface area contributed by atoms with Gasteiger partial charge in [0.1, 0.15) is 12.4 Å². The molecule has 106 valence electrons. The first kappa shape index (κ1) is 14.4. The molecule has 1 aromatic rings. The Kier molecular flexibility index (Phi) is 5.26. The lowest BCUT2D eigenvalue weighted by atomic mass is 9.95. The predicted molar refractivity (Wildman–Crippen MR) is 81.0 cm³/mol. The lowest BCUT2D eigenvalue weighted by molar-refractivity contribution is 0.119. The highest BCUT2D eigenvalue weighted by molar-refractivity contribution is 5.42. The van der Waals surface area contributed by atoms with Crippen LogP contribution in [-0.4, -0.2) is 30.6 Å². The van der Waals surface area contributed by atoms with Crippen molar-refractivity contribution in [1.29, 1.82) is 0 Å². The second-order valence-corrected chi connectivity index (χ2v) is 5.45. The number of benzene rings is 1. The highest BCUT2D eigenvalue weighted by atomic mass is 16.5. The van der Waals surface area contributed by atoms with E-state index in [0.29, 0.717) is 6.04 Å². The first-order chi connectivity index (χ1) is 9.30. The first-order valence-corrected chi connectivity index (χ1v) is 7.77. The molecule has 0 aliphatic carbocycles. The molecule has 19 heavy (non-hydrogen) atoms. The van der Waals surface area contributed by atoms with Crippen LogP contribution in [-0.2, 0) is 12.8 Å². The second kappa shape index (κ2) is 6.95. The molecule has 0 saturated heterocycles. The topological polar surface area (TPSA) is 12.5 Å². The molecule has 1 heterocycles. The number of rotatable bonds is 6. The van der Waals surface area contributed by atoms with E-state index in [0.717, 1.165) is 25.2 Å². The van der Waals surface area contributed by atoms with Gasteiger partial charge in [0.25, 0.3) is 0 Å². The van der Waals surface area contributed by atoms with Crippen molar-refractivity contribution in [2.24, 2.45) is 0 Å². The zero-order valence-corrected chi connectivity index (χ0v) is 12.6. The second-order valence-electron chi connectivity index (χ2n) is 5.45. The minimum Gasteiger partial charge on any atom is -0.492 e. The maximum atomic E-state index is 6.01. The van der Waals surface area contributed by atoms with Crippen LogP contribution in [0.4, 0.5) is 0 Å². The van der Waals surface area contributed by atoms with Gasteiger partial charge in [0, 0.05) is 6.04 Å². The van der Waals surface area contributed by atoms with Gasteiger partial charge in [0.15, 0.2) is 0 Å². The molecule has 0 radical (unpaired) electrons. The van der Waals surface area contributed by atoms with Crippen LogP contribution in [0.5, 0.6) is 5.75 Å². The van der Waals surface area contributed by atoms with Crippen molar-refractivity contribution in [3.8, 4) is 5.75 Å². The van der Waals surface area contributed by atoms with Crippen molar-refractivity contribution < 1.29 is 4.74 Å². The molecule has 1 aliphatic rings. The van der Waals surface area contributed by atoms with Gasteiger partial charge >= 0.3 is 0 Å². The van der Waals surface area contributed by atoms with E-state index in [9.17, 15) is 0 Å². The van der Waals surface area contributed by atoms with Gasteiger partial charge in [-0.2, -0.15) is 0 Å². The van der Waals surface area contributed by atoms with E-state index < -0.39 is 0 Å². The Labute approximate surface area is 117 Å². The van der Waals surface area contributed by atoms with Crippen molar-refractivity contribution in [3.05, 3.63) is 29.3 Å². The predicted octanol–water partition coefficient (Wildman–Crippen LogP) is 3.67. The Bertz CT molecular complexity index is 382. The third-order valence-corrected chi connectivity index (χ3v) is 4.02. The molecule has 0 spiro atoms. The van der Waals surface area contributed by atoms with Crippen LogP contribution in [0.2, 0.25) is 0 Å². The summed E-state index contributed by atoms with van der Waals surface area (Å²) in [7, 11) is 0. The maximum absolute atomic E-state index is 6.01. The largest absolute Gasteiger partial charge is 0.492 e. The van der Waals surface area contributed by atoms with Crippen molar-refractivity contribution >= 4 is 0 Å². The van der Waals surface area contributed by atoms with Crippen LogP contribution in [0.3, 0.4) is 0 Å². The highest BCUT2D eigenvalue weighted by Gasteiger charge is 2.25. The van der Waals surface area contributed by atoms with Gasteiger partial charge in [0.05, 0.1) is 0 Å². The summed E-state index contributed by atoms with van der Waals surface area (Å²) in [5.41, 5.74) is 2.90. The Morgan fingerprint density at radius 1 is 1.16 bits per heavy atom. The van der Waals surface area contributed by atoms with Crippen molar-refractivity contribution in [3.63, 3.8) is 0 Å².